The van der Waals surface area contributed by atoms with Crippen molar-refractivity contribution in [2.45, 2.75) is 26.8 Å². The van der Waals surface area contributed by atoms with Gasteiger partial charge >= 0.3 is 0 Å². The van der Waals surface area contributed by atoms with Crippen LogP contribution in [0.15, 0.2) is 39.3 Å². The number of amides is 1. The van der Waals surface area contributed by atoms with Crippen LogP contribution >= 0.6 is 0 Å². The van der Waals surface area contributed by atoms with E-state index in [4.69, 9.17) is 8.94 Å². The second kappa shape index (κ2) is 5.09. The molecule has 0 aliphatic carbocycles. The summed E-state index contributed by atoms with van der Waals surface area (Å²) in [7, 11) is 0. The van der Waals surface area contributed by atoms with E-state index >= 15 is 0 Å². The van der Waals surface area contributed by atoms with Crippen LogP contribution in [0.3, 0.4) is 0 Å². The highest BCUT2D eigenvalue weighted by atomic mass is 16.5. The maximum atomic E-state index is 12.3. The second-order valence-electron chi connectivity index (χ2n) is 5.08. The van der Waals surface area contributed by atoms with Crippen LogP contribution in [0.25, 0.3) is 11.0 Å². The van der Waals surface area contributed by atoms with Gasteiger partial charge in [0.05, 0.1) is 11.7 Å². The van der Waals surface area contributed by atoms with Gasteiger partial charge in [0.1, 0.15) is 22.7 Å². The minimum absolute atomic E-state index is 0.209. The van der Waals surface area contributed by atoms with Gasteiger partial charge < -0.3 is 14.3 Å². The summed E-state index contributed by atoms with van der Waals surface area (Å²) in [6, 6.07) is 9.45. The summed E-state index contributed by atoms with van der Waals surface area (Å²) >= 11 is 0. The monoisotopic (exact) mass is 284 g/mol. The highest BCUT2D eigenvalue weighted by Gasteiger charge is 2.21. The Hall–Kier alpha value is -2.56. The van der Waals surface area contributed by atoms with Gasteiger partial charge in [-0.1, -0.05) is 23.4 Å². The van der Waals surface area contributed by atoms with Gasteiger partial charge in [-0.2, -0.15) is 0 Å². The fourth-order valence-electron chi connectivity index (χ4n) is 2.36. The molecule has 3 rings (SSSR count). The number of hydrogen-bond acceptors (Lipinski definition) is 4. The Morgan fingerprint density at radius 3 is 2.71 bits per heavy atom. The molecule has 2 heterocycles. The molecule has 108 valence electrons. The SMILES string of the molecule is Cc1noc(C)c1C(=O)N[C@@H](C)c1cc2ccccc2o1. The number of furan rings is 1. The third-order valence-electron chi connectivity index (χ3n) is 3.48. The Morgan fingerprint density at radius 1 is 1.29 bits per heavy atom. The van der Waals surface area contributed by atoms with Crippen LogP contribution in [0, 0.1) is 13.8 Å². The molecule has 5 heteroatoms. The molecule has 0 spiro atoms. The van der Waals surface area contributed by atoms with Crippen LogP contribution in [-0.4, -0.2) is 11.1 Å². The molecule has 0 aliphatic heterocycles. The van der Waals surface area contributed by atoms with Gasteiger partial charge in [-0.05, 0) is 32.9 Å². The Bertz CT molecular complexity index is 748. The lowest BCUT2D eigenvalue weighted by Crippen LogP contribution is -2.27. The minimum Gasteiger partial charge on any atom is -0.459 e. The number of carbonyl (C=O) groups is 1. The number of benzene rings is 1. The Balaban J connectivity index is 1.82. The smallest absolute Gasteiger partial charge is 0.257 e. The van der Waals surface area contributed by atoms with E-state index in [1.165, 1.54) is 0 Å². The van der Waals surface area contributed by atoms with E-state index in [1.54, 1.807) is 13.8 Å². The van der Waals surface area contributed by atoms with Crippen molar-refractivity contribution in [2.75, 3.05) is 0 Å². The van der Waals surface area contributed by atoms with Gasteiger partial charge in [-0.3, -0.25) is 4.79 Å². The summed E-state index contributed by atoms with van der Waals surface area (Å²) in [5, 5.41) is 7.72. The average Bonchev–Trinajstić information content (AvgIpc) is 3.02. The third-order valence-corrected chi connectivity index (χ3v) is 3.48. The number of aromatic nitrogens is 1. The molecular weight excluding hydrogens is 268 g/mol. The van der Waals surface area contributed by atoms with Crippen LogP contribution in [0.5, 0.6) is 0 Å². The first-order chi connectivity index (χ1) is 10.1. The molecule has 5 nitrogen and oxygen atoms in total. The average molecular weight is 284 g/mol. The number of rotatable bonds is 3. The molecule has 0 radical (unpaired) electrons. The van der Waals surface area contributed by atoms with Crippen molar-refractivity contribution in [2.24, 2.45) is 0 Å². The van der Waals surface area contributed by atoms with Crippen molar-refractivity contribution in [3.63, 3.8) is 0 Å². The lowest BCUT2D eigenvalue weighted by atomic mass is 10.1. The molecule has 1 atom stereocenters. The highest BCUT2D eigenvalue weighted by molar-refractivity contribution is 5.96. The molecule has 0 saturated heterocycles. The number of nitrogens with zero attached hydrogens (tertiary/aromatic N) is 1. The molecule has 0 unspecified atom stereocenters. The summed E-state index contributed by atoms with van der Waals surface area (Å²) in [6.07, 6.45) is 0. The maximum Gasteiger partial charge on any atom is 0.257 e. The van der Waals surface area contributed by atoms with E-state index in [0.717, 1.165) is 16.7 Å². The van der Waals surface area contributed by atoms with Crippen LogP contribution in [0.4, 0.5) is 0 Å². The number of fused-ring (bicyclic) bond motifs is 1. The molecule has 3 aromatic rings. The van der Waals surface area contributed by atoms with Crippen LogP contribution in [0.2, 0.25) is 0 Å². The van der Waals surface area contributed by atoms with Crippen molar-refractivity contribution >= 4 is 16.9 Å². The molecule has 0 bridgehead atoms. The van der Waals surface area contributed by atoms with E-state index in [-0.39, 0.29) is 11.9 Å². The molecule has 1 N–H and O–H groups in total. The molecule has 0 saturated carbocycles. The zero-order valence-electron chi connectivity index (χ0n) is 12.1. The van der Waals surface area contributed by atoms with Gasteiger partial charge in [0.2, 0.25) is 0 Å². The summed E-state index contributed by atoms with van der Waals surface area (Å²) in [5.41, 5.74) is 1.88. The van der Waals surface area contributed by atoms with Gasteiger partial charge in [0.15, 0.2) is 0 Å². The van der Waals surface area contributed by atoms with E-state index in [9.17, 15) is 4.79 Å². The summed E-state index contributed by atoms with van der Waals surface area (Å²) in [5.74, 6) is 1.03. The van der Waals surface area contributed by atoms with Gasteiger partial charge in [0.25, 0.3) is 5.91 Å². The van der Waals surface area contributed by atoms with Crippen molar-refractivity contribution in [3.05, 3.63) is 53.1 Å². The fraction of sp³-hybridized carbons (Fsp3) is 0.250. The van der Waals surface area contributed by atoms with Crippen molar-refractivity contribution in [1.29, 1.82) is 0 Å². The highest BCUT2D eigenvalue weighted by Crippen LogP contribution is 2.24. The van der Waals surface area contributed by atoms with Gasteiger partial charge in [-0.15, -0.1) is 0 Å². The van der Waals surface area contributed by atoms with Crippen molar-refractivity contribution in [1.82, 2.24) is 10.5 Å². The van der Waals surface area contributed by atoms with Gasteiger partial charge in [-0.25, -0.2) is 0 Å². The zero-order valence-corrected chi connectivity index (χ0v) is 12.1. The first kappa shape index (κ1) is 13.4. The zero-order chi connectivity index (χ0) is 15.0. The van der Waals surface area contributed by atoms with Crippen LogP contribution in [-0.2, 0) is 0 Å². The molecular formula is C16H16N2O3. The molecule has 0 aliphatic rings. The summed E-state index contributed by atoms with van der Waals surface area (Å²) in [6.45, 7) is 5.35. The molecule has 1 amide bonds. The Morgan fingerprint density at radius 2 is 2.05 bits per heavy atom. The first-order valence-corrected chi connectivity index (χ1v) is 6.78. The molecule has 1 aromatic carbocycles. The first-order valence-electron chi connectivity index (χ1n) is 6.78. The molecule has 21 heavy (non-hydrogen) atoms. The van der Waals surface area contributed by atoms with E-state index in [0.29, 0.717) is 17.0 Å². The Kier molecular flexibility index (Phi) is 3.25. The van der Waals surface area contributed by atoms with E-state index in [2.05, 4.69) is 10.5 Å². The van der Waals surface area contributed by atoms with E-state index < -0.39 is 0 Å². The number of aryl methyl sites for hydroxylation is 2. The number of hydrogen-bond donors (Lipinski definition) is 1. The lowest BCUT2D eigenvalue weighted by molar-refractivity contribution is 0.0933. The molecule has 0 fully saturated rings. The predicted molar refractivity (Wildman–Crippen MR) is 78.1 cm³/mol. The quantitative estimate of drug-likeness (QED) is 0.799. The lowest BCUT2D eigenvalue weighted by Gasteiger charge is -2.10. The standard InChI is InChI=1S/C16H16N2O3/c1-9(14-8-12-6-4-5-7-13(12)20-14)17-16(19)15-10(2)18-21-11(15)3/h4-9H,1-3H3,(H,17,19)/t9-/m0/s1. The van der Waals surface area contributed by atoms with Gasteiger partial charge in [0, 0.05) is 5.39 Å². The normalized spacial score (nSPS) is 12.5. The fourth-order valence-corrected chi connectivity index (χ4v) is 2.36. The number of para-hydroxylation sites is 1. The summed E-state index contributed by atoms with van der Waals surface area (Å²) in [4.78, 5) is 12.3. The van der Waals surface area contributed by atoms with Crippen molar-refractivity contribution < 1.29 is 13.7 Å². The Labute approximate surface area is 121 Å². The van der Waals surface area contributed by atoms with E-state index in [1.807, 2.05) is 37.3 Å². The second-order valence-corrected chi connectivity index (χ2v) is 5.08. The minimum atomic E-state index is -0.237. The van der Waals surface area contributed by atoms with Crippen molar-refractivity contribution in [3.8, 4) is 0 Å². The van der Waals surface area contributed by atoms with Crippen LogP contribution in [0.1, 0.15) is 40.5 Å². The van der Waals surface area contributed by atoms with Crippen LogP contribution < -0.4 is 5.32 Å². The topological polar surface area (TPSA) is 68.3 Å². The predicted octanol–water partition coefficient (Wildman–Crippen LogP) is 3.53. The number of carbonyl (C=O) groups excluding carboxylic acids is 1. The maximum absolute atomic E-state index is 12.3. The number of nitrogens with one attached hydrogen (secondary N) is 1. The largest absolute Gasteiger partial charge is 0.459 e. The molecule has 2 aromatic heterocycles. The third kappa shape index (κ3) is 2.42. The summed E-state index contributed by atoms with van der Waals surface area (Å²) < 4.78 is 10.8.